The van der Waals surface area contributed by atoms with E-state index in [0.717, 1.165) is 0 Å². The van der Waals surface area contributed by atoms with Crippen molar-refractivity contribution in [3.63, 3.8) is 0 Å². The zero-order valence-electron chi connectivity index (χ0n) is 9.24. The molecule has 1 rings (SSSR count). The monoisotopic (exact) mass is 217 g/mol. The van der Waals surface area contributed by atoms with Crippen LogP contribution in [0.25, 0.3) is 0 Å². The highest BCUT2D eigenvalue weighted by Gasteiger charge is 2.15. The van der Waals surface area contributed by atoms with Crippen LogP contribution in [0.3, 0.4) is 0 Å². The smallest absolute Gasteiger partial charge is 0.225 e. The minimum Gasteiger partial charge on any atom is -0.378 e. The molecule has 0 radical (unpaired) electrons. The Morgan fingerprint density at radius 2 is 2.07 bits per heavy atom. The highest BCUT2D eigenvalue weighted by atomic mass is 16.7. The van der Waals surface area contributed by atoms with Gasteiger partial charge in [0, 0.05) is 19.7 Å². The lowest BCUT2D eigenvalue weighted by atomic mass is 10.3. The van der Waals surface area contributed by atoms with E-state index < -0.39 is 0 Å². The topological polar surface area (TPSA) is 48.0 Å². The number of ether oxygens (including phenoxy) is 3. The Morgan fingerprint density at radius 3 is 2.73 bits per heavy atom. The number of rotatable bonds is 6. The average Bonchev–Trinajstić information content (AvgIpc) is 2.30. The van der Waals surface area contributed by atoms with Crippen molar-refractivity contribution in [3.8, 4) is 0 Å². The molecule has 1 aliphatic rings. The molecule has 5 nitrogen and oxygen atoms in total. The van der Waals surface area contributed by atoms with Gasteiger partial charge >= 0.3 is 0 Å². The highest BCUT2D eigenvalue weighted by molar-refractivity contribution is 5.76. The maximum Gasteiger partial charge on any atom is 0.225 e. The van der Waals surface area contributed by atoms with E-state index in [4.69, 9.17) is 14.2 Å². The van der Waals surface area contributed by atoms with Crippen molar-refractivity contribution in [2.24, 2.45) is 0 Å². The van der Waals surface area contributed by atoms with Crippen molar-refractivity contribution >= 4 is 5.91 Å². The second-order valence-corrected chi connectivity index (χ2v) is 3.26. The molecule has 1 aliphatic heterocycles. The van der Waals surface area contributed by atoms with E-state index in [2.05, 4.69) is 0 Å². The molecule has 0 unspecified atom stereocenters. The van der Waals surface area contributed by atoms with Crippen molar-refractivity contribution in [2.75, 3.05) is 46.3 Å². The fourth-order valence-corrected chi connectivity index (χ4v) is 1.33. The van der Waals surface area contributed by atoms with Gasteiger partial charge in [-0.2, -0.15) is 0 Å². The van der Waals surface area contributed by atoms with Crippen LogP contribution in [0.4, 0.5) is 0 Å². The summed E-state index contributed by atoms with van der Waals surface area (Å²) in [5.41, 5.74) is 0. The van der Waals surface area contributed by atoms with Gasteiger partial charge in [0.05, 0.1) is 26.2 Å². The first-order chi connectivity index (χ1) is 7.34. The first kappa shape index (κ1) is 12.4. The quantitative estimate of drug-likeness (QED) is 0.472. The van der Waals surface area contributed by atoms with Gasteiger partial charge in [-0.15, -0.1) is 0 Å². The molecule has 0 aromatic carbocycles. The molecule has 1 saturated heterocycles. The Balaban J connectivity index is 2.02. The standard InChI is InChI=1S/C10H19NO4/c1-2-13-9-15-6-3-10(12)11-4-7-14-8-5-11/h2-9H2,1H3. The SMILES string of the molecule is CCOCOCCC(=O)N1CCOCC1. The first-order valence-corrected chi connectivity index (χ1v) is 5.35. The molecule has 0 spiro atoms. The third-order valence-electron chi connectivity index (χ3n) is 2.19. The van der Waals surface area contributed by atoms with Crippen LogP contribution >= 0.6 is 0 Å². The van der Waals surface area contributed by atoms with Crippen LogP contribution in [0.2, 0.25) is 0 Å². The third-order valence-corrected chi connectivity index (χ3v) is 2.19. The molecule has 5 heteroatoms. The zero-order chi connectivity index (χ0) is 10.9. The van der Waals surface area contributed by atoms with E-state index in [-0.39, 0.29) is 12.7 Å². The van der Waals surface area contributed by atoms with Crippen molar-refractivity contribution in [2.45, 2.75) is 13.3 Å². The van der Waals surface area contributed by atoms with E-state index in [1.807, 2.05) is 11.8 Å². The van der Waals surface area contributed by atoms with Gasteiger partial charge in [-0.25, -0.2) is 0 Å². The van der Waals surface area contributed by atoms with Gasteiger partial charge in [-0.05, 0) is 6.92 Å². The molecule has 0 aromatic rings. The largest absolute Gasteiger partial charge is 0.378 e. The van der Waals surface area contributed by atoms with E-state index in [9.17, 15) is 4.79 Å². The predicted molar refractivity (Wildman–Crippen MR) is 54.5 cm³/mol. The lowest BCUT2D eigenvalue weighted by molar-refractivity contribution is -0.137. The Bertz CT molecular complexity index is 180. The summed E-state index contributed by atoms with van der Waals surface area (Å²) in [4.78, 5) is 13.4. The van der Waals surface area contributed by atoms with Gasteiger partial charge in [0.2, 0.25) is 5.91 Å². The van der Waals surface area contributed by atoms with Gasteiger partial charge < -0.3 is 19.1 Å². The van der Waals surface area contributed by atoms with Crippen LogP contribution in [-0.4, -0.2) is 57.1 Å². The summed E-state index contributed by atoms with van der Waals surface area (Å²) in [7, 11) is 0. The minimum atomic E-state index is 0.134. The second-order valence-electron chi connectivity index (χ2n) is 3.26. The van der Waals surface area contributed by atoms with E-state index in [1.165, 1.54) is 0 Å². The van der Waals surface area contributed by atoms with Crippen molar-refractivity contribution in [1.29, 1.82) is 0 Å². The summed E-state index contributed by atoms with van der Waals surface area (Å²) >= 11 is 0. The van der Waals surface area contributed by atoms with Crippen LogP contribution in [0.15, 0.2) is 0 Å². The van der Waals surface area contributed by atoms with E-state index >= 15 is 0 Å². The van der Waals surface area contributed by atoms with E-state index in [0.29, 0.717) is 45.9 Å². The maximum absolute atomic E-state index is 11.6. The van der Waals surface area contributed by atoms with Crippen LogP contribution in [0.5, 0.6) is 0 Å². The molecule has 0 aliphatic carbocycles. The molecular weight excluding hydrogens is 198 g/mol. The van der Waals surface area contributed by atoms with Gasteiger partial charge in [0.1, 0.15) is 6.79 Å². The fourth-order valence-electron chi connectivity index (χ4n) is 1.33. The summed E-state index contributed by atoms with van der Waals surface area (Å²) in [5.74, 6) is 0.134. The molecule has 88 valence electrons. The van der Waals surface area contributed by atoms with Gasteiger partial charge in [-0.3, -0.25) is 4.79 Å². The second kappa shape index (κ2) is 7.62. The number of carbonyl (C=O) groups excluding carboxylic acids is 1. The Hall–Kier alpha value is -0.650. The number of carbonyl (C=O) groups is 1. The van der Waals surface area contributed by atoms with Crippen LogP contribution in [-0.2, 0) is 19.0 Å². The molecule has 0 bridgehead atoms. The average molecular weight is 217 g/mol. The molecule has 1 heterocycles. The molecule has 1 fully saturated rings. The fraction of sp³-hybridized carbons (Fsp3) is 0.900. The summed E-state index contributed by atoms with van der Waals surface area (Å²) in [6.45, 7) is 5.93. The minimum absolute atomic E-state index is 0.134. The predicted octanol–water partition coefficient (Wildman–Crippen LogP) is 0.246. The van der Waals surface area contributed by atoms with Crippen LogP contribution in [0, 0.1) is 0 Å². The Morgan fingerprint density at radius 1 is 1.33 bits per heavy atom. The summed E-state index contributed by atoms with van der Waals surface area (Å²) in [6, 6.07) is 0. The molecular formula is C10H19NO4. The third kappa shape index (κ3) is 5.11. The molecule has 0 atom stereocenters. The van der Waals surface area contributed by atoms with Gasteiger partial charge in [0.25, 0.3) is 0 Å². The Labute approximate surface area is 90.3 Å². The molecule has 15 heavy (non-hydrogen) atoms. The van der Waals surface area contributed by atoms with Gasteiger partial charge in [0.15, 0.2) is 0 Å². The molecule has 0 N–H and O–H groups in total. The van der Waals surface area contributed by atoms with Crippen molar-refractivity contribution in [3.05, 3.63) is 0 Å². The van der Waals surface area contributed by atoms with Crippen molar-refractivity contribution in [1.82, 2.24) is 4.90 Å². The highest BCUT2D eigenvalue weighted by Crippen LogP contribution is 2.00. The number of morpholine rings is 1. The number of hydrogen-bond acceptors (Lipinski definition) is 4. The van der Waals surface area contributed by atoms with Crippen LogP contribution < -0.4 is 0 Å². The first-order valence-electron chi connectivity index (χ1n) is 5.35. The molecule has 1 amide bonds. The molecule has 0 aromatic heterocycles. The zero-order valence-corrected chi connectivity index (χ0v) is 9.24. The van der Waals surface area contributed by atoms with Gasteiger partial charge in [-0.1, -0.05) is 0 Å². The van der Waals surface area contributed by atoms with E-state index in [1.54, 1.807) is 0 Å². The normalized spacial score (nSPS) is 16.7. The Kier molecular flexibility index (Phi) is 6.31. The van der Waals surface area contributed by atoms with Crippen LogP contribution in [0.1, 0.15) is 13.3 Å². The van der Waals surface area contributed by atoms with Crippen molar-refractivity contribution < 1.29 is 19.0 Å². The summed E-state index contributed by atoms with van der Waals surface area (Å²) < 4.78 is 15.3. The molecule has 0 saturated carbocycles. The summed E-state index contributed by atoms with van der Waals surface area (Å²) in [6.07, 6.45) is 0.424. The lowest BCUT2D eigenvalue weighted by Crippen LogP contribution is -2.41. The lowest BCUT2D eigenvalue weighted by Gasteiger charge is -2.26. The summed E-state index contributed by atoms with van der Waals surface area (Å²) in [5, 5.41) is 0. The number of amides is 1. The number of nitrogens with zero attached hydrogens (tertiary/aromatic N) is 1. The maximum atomic E-state index is 11.6. The number of hydrogen-bond donors (Lipinski definition) is 0.